The zero-order valence-electron chi connectivity index (χ0n) is 12.3. The lowest BCUT2D eigenvalue weighted by Crippen LogP contribution is -2.48. The lowest BCUT2D eigenvalue weighted by molar-refractivity contribution is -0.136. The van der Waals surface area contributed by atoms with Crippen molar-refractivity contribution in [2.75, 3.05) is 20.1 Å². The molecular formula is C14H24N4O. The number of nitrogens with zero attached hydrogens (tertiary/aromatic N) is 3. The molecule has 5 nitrogen and oxygen atoms in total. The van der Waals surface area contributed by atoms with Crippen molar-refractivity contribution in [2.45, 2.75) is 45.7 Å². The number of hydrogen-bond donors (Lipinski definition) is 1. The van der Waals surface area contributed by atoms with E-state index in [9.17, 15) is 4.79 Å². The molecule has 0 spiro atoms. The first-order valence-electron chi connectivity index (χ1n) is 7.01. The number of hydrogen-bond acceptors (Lipinski definition) is 3. The van der Waals surface area contributed by atoms with Gasteiger partial charge in [-0.25, -0.2) is 0 Å². The van der Waals surface area contributed by atoms with Crippen LogP contribution in [0.4, 0.5) is 0 Å². The summed E-state index contributed by atoms with van der Waals surface area (Å²) in [6.07, 6.45) is 2.22. The van der Waals surface area contributed by atoms with Crippen LogP contribution in [-0.2, 0) is 4.79 Å². The lowest BCUT2D eigenvalue weighted by atomic mass is 10.1. The second kappa shape index (κ2) is 5.74. The molecule has 2 rings (SSSR count). The zero-order valence-corrected chi connectivity index (χ0v) is 12.3. The molecule has 0 aliphatic carbocycles. The van der Waals surface area contributed by atoms with Gasteiger partial charge in [0.15, 0.2) is 0 Å². The number of nitrogens with one attached hydrogen (secondary N) is 1. The highest BCUT2D eigenvalue weighted by Gasteiger charge is 2.27. The summed E-state index contributed by atoms with van der Waals surface area (Å²) >= 11 is 0. The first-order chi connectivity index (χ1) is 9.02. The summed E-state index contributed by atoms with van der Waals surface area (Å²) < 4.78 is 1.83. The van der Waals surface area contributed by atoms with Crippen LogP contribution in [0.25, 0.3) is 0 Å². The van der Waals surface area contributed by atoms with Crippen molar-refractivity contribution in [2.24, 2.45) is 0 Å². The largest absolute Gasteiger partial charge is 0.339 e. The van der Waals surface area contributed by atoms with Gasteiger partial charge in [-0.05, 0) is 46.7 Å². The number of aromatic nitrogens is 2. The van der Waals surface area contributed by atoms with E-state index in [-0.39, 0.29) is 11.9 Å². The minimum absolute atomic E-state index is 0.172. The number of amides is 1. The van der Waals surface area contributed by atoms with Crippen molar-refractivity contribution < 1.29 is 4.79 Å². The minimum atomic E-state index is -0.218. The van der Waals surface area contributed by atoms with Crippen LogP contribution in [0.1, 0.15) is 37.2 Å². The fourth-order valence-electron chi connectivity index (χ4n) is 2.82. The van der Waals surface area contributed by atoms with Crippen LogP contribution in [-0.4, -0.2) is 46.8 Å². The molecule has 1 amide bonds. The van der Waals surface area contributed by atoms with Gasteiger partial charge in [0.1, 0.15) is 6.04 Å². The van der Waals surface area contributed by atoms with Gasteiger partial charge in [-0.1, -0.05) is 0 Å². The first kappa shape index (κ1) is 14.1. The van der Waals surface area contributed by atoms with Crippen LogP contribution < -0.4 is 5.32 Å². The summed E-state index contributed by atoms with van der Waals surface area (Å²) in [6, 6.07) is 2.21. The number of piperidine rings is 1. The summed E-state index contributed by atoms with van der Waals surface area (Å²) in [5.74, 6) is 0.172. The molecule has 0 aromatic carbocycles. The molecule has 2 heterocycles. The fourth-order valence-corrected chi connectivity index (χ4v) is 2.82. The number of carbonyl (C=O) groups is 1. The Balaban J connectivity index is 2.08. The van der Waals surface area contributed by atoms with Gasteiger partial charge in [-0.2, -0.15) is 5.10 Å². The predicted molar refractivity (Wildman–Crippen MR) is 75.1 cm³/mol. The maximum Gasteiger partial charge on any atom is 0.247 e. The second-order valence-electron chi connectivity index (χ2n) is 5.46. The van der Waals surface area contributed by atoms with E-state index in [4.69, 9.17) is 0 Å². The van der Waals surface area contributed by atoms with Crippen LogP contribution in [0, 0.1) is 13.8 Å². The van der Waals surface area contributed by atoms with Gasteiger partial charge in [0, 0.05) is 24.8 Å². The van der Waals surface area contributed by atoms with Crippen LogP contribution >= 0.6 is 0 Å². The molecule has 0 radical (unpaired) electrons. The molecule has 19 heavy (non-hydrogen) atoms. The maximum atomic E-state index is 12.6. The Morgan fingerprint density at radius 2 is 2.26 bits per heavy atom. The molecular weight excluding hydrogens is 240 g/mol. The molecule has 5 heteroatoms. The van der Waals surface area contributed by atoms with E-state index in [1.54, 1.807) is 0 Å². The van der Waals surface area contributed by atoms with E-state index < -0.39 is 0 Å². The molecule has 1 saturated heterocycles. The van der Waals surface area contributed by atoms with Gasteiger partial charge < -0.3 is 10.2 Å². The van der Waals surface area contributed by atoms with E-state index in [1.807, 2.05) is 43.5 Å². The Morgan fingerprint density at radius 3 is 2.84 bits per heavy atom. The van der Waals surface area contributed by atoms with Crippen LogP contribution in [0.2, 0.25) is 0 Å². The van der Waals surface area contributed by atoms with E-state index in [0.29, 0.717) is 6.04 Å². The first-order valence-corrected chi connectivity index (χ1v) is 7.01. The maximum absolute atomic E-state index is 12.6. The molecule has 1 aromatic heterocycles. The second-order valence-corrected chi connectivity index (χ2v) is 5.46. The van der Waals surface area contributed by atoms with Gasteiger partial charge in [0.2, 0.25) is 5.91 Å². The van der Waals surface area contributed by atoms with Gasteiger partial charge in [0.25, 0.3) is 0 Å². The molecule has 2 unspecified atom stereocenters. The van der Waals surface area contributed by atoms with E-state index in [2.05, 4.69) is 10.4 Å². The van der Waals surface area contributed by atoms with Crippen molar-refractivity contribution in [3.05, 3.63) is 17.5 Å². The summed E-state index contributed by atoms with van der Waals surface area (Å²) in [5, 5.41) is 7.69. The quantitative estimate of drug-likeness (QED) is 0.894. The van der Waals surface area contributed by atoms with Gasteiger partial charge in [-0.15, -0.1) is 0 Å². The Hall–Kier alpha value is -1.36. The molecule has 0 saturated carbocycles. The van der Waals surface area contributed by atoms with Crippen molar-refractivity contribution in [1.82, 2.24) is 20.0 Å². The molecule has 1 aliphatic rings. The highest BCUT2D eigenvalue weighted by Crippen LogP contribution is 2.17. The summed E-state index contributed by atoms with van der Waals surface area (Å²) in [7, 11) is 1.96. The van der Waals surface area contributed by atoms with E-state index in [0.717, 1.165) is 37.3 Å². The number of carbonyl (C=O) groups excluding carboxylic acids is 1. The Kier molecular flexibility index (Phi) is 4.24. The summed E-state index contributed by atoms with van der Waals surface area (Å²) in [6.45, 7) is 7.55. The van der Waals surface area contributed by atoms with Crippen LogP contribution in [0.3, 0.4) is 0 Å². The normalized spacial score (nSPS) is 21.5. The fraction of sp³-hybridized carbons (Fsp3) is 0.714. The van der Waals surface area contributed by atoms with Crippen molar-refractivity contribution in [3.63, 3.8) is 0 Å². The smallest absolute Gasteiger partial charge is 0.247 e. The van der Waals surface area contributed by atoms with Crippen molar-refractivity contribution >= 4 is 5.91 Å². The third kappa shape index (κ3) is 2.97. The van der Waals surface area contributed by atoms with Crippen molar-refractivity contribution in [1.29, 1.82) is 0 Å². The standard InChI is InChI=1S/C14H24N4O/c1-10-8-11(2)18(16-10)12(3)14(19)17-7-5-6-13(9-17)15-4/h8,12-13,15H,5-7,9H2,1-4H3. The summed E-state index contributed by atoms with van der Waals surface area (Å²) in [5.41, 5.74) is 2.00. The highest BCUT2D eigenvalue weighted by molar-refractivity contribution is 5.80. The van der Waals surface area contributed by atoms with Gasteiger partial charge in [0.05, 0.1) is 5.69 Å². The molecule has 1 fully saturated rings. The SMILES string of the molecule is CNC1CCCN(C(=O)C(C)n2nc(C)cc2C)C1. The summed E-state index contributed by atoms with van der Waals surface area (Å²) in [4.78, 5) is 14.5. The number of aryl methyl sites for hydroxylation is 2. The predicted octanol–water partition coefficient (Wildman–Crippen LogP) is 1.27. The van der Waals surface area contributed by atoms with E-state index >= 15 is 0 Å². The molecule has 1 aliphatic heterocycles. The number of likely N-dealkylation sites (tertiary alicyclic amines) is 1. The zero-order chi connectivity index (χ0) is 14.0. The Labute approximate surface area is 115 Å². The lowest BCUT2D eigenvalue weighted by Gasteiger charge is -2.34. The highest BCUT2D eigenvalue weighted by atomic mass is 16.2. The molecule has 1 aromatic rings. The molecule has 2 atom stereocenters. The van der Waals surface area contributed by atoms with E-state index in [1.165, 1.54) is 0 Å². The molecule has 106 valence electrons. The van der Waals surface area contributed by atoms with Crippen LogP contribution in [0.15, 0.2) is 6.07 Å². The van der Waals surface area contributed by atoms with Gasteiger partial charge in [-0.3, -0.25) is 9.48 Å². The number of likely N-dealkylation sites (N-methyl/N-ethyl adjacent to an activating group) is 1. The Bertz CT molecular complexity index is 454. The van der Waals surface area contributed by atoms with Crippen molar-refractivity contribution in [3.8, 4) is 0 Å². The average Bonchev–Trinajstić information content (AvgIpc) is 2.76. The molecule has 1 N–H and O–H groups in total. The Morgan fingerprint density at radius 1 is 1.53 bits per heavy atom. The topological polar surface area (TPSA) is 50.2 Å². The third-order valence-electron chi connectivity index (χ3n) is 3.91. The third-order valence-corrected chi connectivity index (χ3v) is 3.91. The van der Waals surface area contributed by atoms with Crippen LogP contribution in [0.5, 0.6) is 0 Å². The monoisotopic (exact) mass is 264 g/mol. The molecule has 0 bridgehead atoms. The minimum Gasteiger partial charge on any atom is -0.339 e. The average molecular weight is 264 g/mol. The van der Waals surface area contributed by atoms with Gasteiger partial charge >= 0.3 is 0 Å². The number of rotatable bonds is 3.